The first-order valence-electron chi connectivity index (χ1n) is 4.89. The molecule has 1 rings (SSSR count). The highest BCUT2D eigenvalue weighted by molar-refractivity contribution is 5.98. The van der Waals surface area contributed by atoms with Crippen molar-refractivity contribution in [3.63, 3.8) is 0 Å². The summed E-state index contributed by atoms with van der Waals surface area (Å²) in [7, 11) is 0. The quantitative estimate of drug-likeness (QED) is 0.768. The van der Waals surface area contributed by atoms with E-state index in [1.807, 2.05) is 13.0 Å². The Morgan fingerprint density at radius 2 is 2.00 bits per heavy atom. The molecule has 3 nitrogen and oxygen atoms in total. The van der Waals surface area contributed by atoms with Gasteiger partial charge in [-0.05, 0) is 12.5 Å². The first-order chi connectivity index (χ1) is 7.04. The van der Waals surface area contributed by atoms with Crippen LogP contribution in [0.25, 0.3) is 0 Å². The van der Waals surface area contributed by atoms with Crippen molar-refractivity contribution in [2.24, 2.45) is 0 Å². The lowest BCUT2D eigenvalue weighted by molar-refractivity contribution is -0.136. The first-order valence-corrected chi connectivity index (χ1v) is 4.89. The number of carbonyl (C=O) groups excluding carboxylic acids is 1. The zero-order chi connectivity index (χ0) is 11.4. The fourth-order valence-corrected chi connectivity index (χ4v) is 1.49. The first kappa shape index (κ1) is 11.4. The largest absolute Gasteiger partial charge is 0.481 e. The standard InChI is InChI=1S/C12H14O3/c1-3-11(13)10-5-4-8(2)6-9(10)7-12(14)15/h4-6H,3,7H2,1-2H3,(H,14,15). The second kappa shape index (κ2) is 4.73. The highest BCUT2D eigenvalue weighted by atomic mass is 16.4. The molecule has 0 saturated carbocycles. The van der Waals surface area contributed by atoms with Crippen LogP contribution in [0, 0.1) is 6.92 Å². The zero-order valence-corrected chi connectivity index (χ0v) is 8.91. The van der Waals surface area contributed by atoms with E-state index in [0.717, 1.165) is 5.56 Å². The molecule has 1 aromatic rings. The van der Waals surface area contributed by atoms with E-state index in [2.05, 4.69) is 0 Å². The van der Waals surface area contributed by atoms with E-state index in [0.29, 0.717) is 17.5 Å². The number of rotatable bonds is 4. The normalized spacial score (nSPS) is 10.0. The number of carboxylic acid groups (broad SMARTS) is 1. The monoisotopic (exact) mass is 206 g/mol. The number of carbonyl (C=O) groups is 2. The summed E-state index contributed by atoms with van der Waals surface area (Å²) in [6.07, 6.45) is 0.304. The molecule has 0 fully saturated rings. The summed E-state index contributed by atoms with van der Waals surface area (Å²) in [6, 6.07) is 5.30. The van der Waals surface area contributed by atoms with E-state index in [4.69, 9.17) is 5.11 Å². The molecule has 0 aliphatic heterocycles. The number of hydrogen-bond acceptors (Lipinski definition) is 2. The van der Waals surface area contributed by atoms with E-state index >= 15 is 0 Å². The maximum atomic E-state index is 11.5. The Bertz CT molecular complexity index is 394. The number of hydrogen-bond donors (Lipinski definition) is 1. The average Bonchev–Trinajstić information content (AvgIpc) is 2.16. The van der Waals surface area contributed by atoms with Gasteiger partial charge in [-0.3, -0.25) is 9.59 Å². The second-order valence-corrected chi connectivity index (χ2v) is 3.51. The van der Waals surface area contributed by atoms with Crippen molar-refractivity contribution in [3.05, 3.63) is 34.9 Å². The lowest BCUT2D eigenvalue weighted by atomic mass is 9.98. The zero-order valence-electron chi connectivity index (χ0n) is 8.91. The fourth-order valence-electron chi connectivity index (χ4n) is 1.49. The van der Waals surface area contributed by atoms with E-state index in [1.165, 1.54) is 0 Å². The van der Waals surface area contributed by atoms with Gasteiger partial charge in [0.05, 0.1) is 6.42 Å². The van der Waals surface area contributed by atoms with E-state index < -0.39 is 5.97 Å². The van der Waals surface area contributed by atoms with Gasteiger partial charge in [-0.1, -0.05) is 30.7 Å². The van der Waals surface area contributed by atoms with Gasteiger partial charge < -0.3 is 5.11 Å². The SMILES string of the molecule is CCC(=O)c1ccc(C)cc1CC(=O)O. The van der Waals surface area contributed by atoms with Crippen LogP contribution >= 0.6 is 0 Å². The van der Waals surface area contributed by atoms with Crippen LogP contribution < -0.4 is 0 Å². The number of carboxylic acids is 1. The molecular formula is C12H14O3. The second-order valence-electron chi connectivity index (χ2n) is 3.51. The van der Waals surface area contributed by atoms with E-state index in [-0.39, 0.29) is 12.2 Å². The molecule has 0 bridgehead atoms. The van der Waals surface area contributed by atoms with Crippen molar-refractivity contribution >= 4 is 11.8 Å². The van der Waals surface area contributed by atoms with Gasteiger partial charge in [0.15, 0.2) is 5.78 Å². The molecular weight excluding hydrogens is 192 g/mol. The van der Waals surface area contributed by atoms with E-state index in [9.17, 15) is 9.59 Å². The summed E-state index contributed by atoms with van der Waals surface area (Å²) in [5.41, 5.74) is 2.11. The molecule has 80 valence electrons. The molecule has 1 N–H and O–H groups in total. The molecule has 0 amide bonds. The number of ketones is 1. The Morgan fingerprint density at radius 3 is 2.53 bits per heavy atom. The van der Waals surface area contributed by atoms with Crippen LogP contribution in [0.3, 0.4) is 0 Å². The summed E-state index contributed by atoms with van der Waals surface area (Å²) >= 11 is 0. The molecule has 0 heterocycles. The van der Waals surface area contributed by atoms with E-state index in [1.54, 1.807) is 19.1 Å². The van der Waals surface area contributed by atoms with Crippen molar-refractivity contribution < 1.29 is 14.7 Å². The van der Waals surface area contributed by atoms with Crippen LogP contribution in [0.4, 0.5) is 0 Å². The van der Waals surface area contributed by atoms with Crippen LogP contribution in [0.15, 0.2) is 18.2 Å². The maximum absolute atomic E-state index is 11.5. The Kier molecular flexibility index (Phi) is 3.61. The van der Waals surface area contributed by atoms with Gasteiger partial charge in [-0.15, -0.1) is 0 Å². The fraction of sp³-hybridized carbons (Fsp3) is 0.333. The number of benzene rings is 1. The highest BCUT2D eigenvalue weighted by Crippen LogP contribution is 2.14. The number of aryl methyl sites for hydroxylation is 1. The predicted molar refractivity (Wildman–Crippen MR) is 57.1 cm³/mol. The Labute approximate surface area is 88.7 Å². The van der Waals surface area contributed by atoms with Gasteiger partial charge in [-0.25, -0.2) is 0 Å². The molecule has 15 heavy (non-hydrogen) atoms. The molecule has 3 heteroatoms. The molecule has 0 unspecified atom stereocenters. The molecule has 0 aliphatic carbocycles. The predicted octanol–water partition coefficient (Wildman–Crippen LogP) is 2.21. The average molecular weight is 206 g/mol. The third kappa shape index (κ3) is 2.91. The lowest BCUT2D eigenvalue weighted by Gasteiger charge is -2.06. The van der Waals surface area contributed by atoms with Gasteiger partial charge in [0, 0.05) is 12.0 Å². The van der Waals surface area contributed by atoms with Crippen LogP contribution in [-0.4, -0.2) is 16.9 Å². The highest BCUT2D eigenvalue weighted by Gasteiger charge is 2.12. The molecule has 0 saturated heterocycles. The molecule has 0 aliphatic rings. The Hall–Kier alpha value is -1.64. The maximum Gasteiger partial charge on any atom is 0.307 e. The van der Waals surface area contributed by atoms with Crippen molar-refractivity contribution in [3.8, 4) is 0 Å². The van der Waals surface area contributed by atoms with Gasteiger partial charge in [0.2, 0.25) is 0 Å². The minimum absolute atomic E-state index is 0.00810. The van der Waals surface area contributed by atoms with Crippen LogP contribution in [-0.2, 0) is 11.2 Å². The summed E-state index contributed by atoms with van der Waals surface area (Å²) in [5, 5.41) is 8.73. The topological polar surface area (TPSA) is 54.4 Å². The van der Waals surface area contributed by atoms with Gasteiger partial charge in [0.1, 0.15) is 0 Å². The summed E-state index contributed by atoms with van der Waals surface area (Å²) in [6.45, 7) is 3.65. The van der Waals surface area contributed by atoms with Crippen molar-refractivity contribution in [1.82, 2.24) is 0 Å². The van der Waals surface area contributed by atoms with Crippen molar-refractivity contribution in [2.75, 3.05) is 0 Å². The third-order valence-corrected chi connectivity index (χ3v) is 2.22. The van der Waals surface area contributed by atoms with Gasteiger partial charge in [0.25, 0.3) is 0 Å². The minimum Gasteiger partial charge on any atom is -0.481 e. The van der Waals surface area contributed by atoms with Crippen LogP contribution in [0.1, 0.15) is 34.8 Å². The molecule has 0 radical (unpaired) electrons. The summed E-state index contributed by atoms with van der Waals surface area (Å²) in [4.78, 5) is 22.2. The number of Topliss-reactive ketones (excluding diaryl/α,β-unsaturated/α-hetero) is 1. The molecule has 1 aromatic carbocycles. The number of aliphatic carboxylic acids is 1. The summed E-state index contributed by atoms with van der Waals surface area (Å²) < 4.78 is 0. The molecule has 0 spiro atoms. The third-order valence-electron chi connectivity index (χ3n) is 2.22. The summed E-state index contributed by atoms with van der Waals surface area (Å²) in [5.74, 6) is -0.919. The van der Waals surface area contributed by atoms with Crippen LogP contribution in [0.2, 0.25) is 0 Å². The Morgan fingerprint density at radius 1 is 1.33 bits per heavy atom. The van der Waals surface area contributed by atoms with Crippen molar-refractivity contribution in [1.29, 1.82) is 0 Å². The molecule has 0 atom stereocenters. The smallest absolute Gasteiger partial charge is 0.307 e. The lowest BCUT2D eigenvalue weighted by Crippen LogP contribution is -2.08. The van der Waals surface area contributed by atoms with Crippen molar-refractivity contribution in [2.45, 2.75) is 26.7 Å². The van der Waals surface area contributed by atoms with Gasteiger partial charge in [-0.2, -0.15) is 0 Å². The minimum atomic E-state index is -0.911. The van der Waals surface area contributed by atoms with Gasteiger partial charge >= 0.3 is 5.97 Å². The Balaban J connectivity index is 3.13. The molecule has 0 aromatic heterocycles. The van der Waals surface area contributed by atoms with Crippen LogP contribution in [0.5, 0.6) is 0 Å².